The first-order valence-corrected chi connectivity index (χ1v) is 6.99. The van der Waals surface area contributed by atoms with Gasteiger partial charge < -0.3 is 5.73 Å². The quantitative estimate of drug-likeness (QED) is 0.859. The van der Waals surface area contributed by atoms with Crippen LogP contribution in [0.4, 0.5) is 4.39 Å². The van der Waals surface area contributed by atoms with Gasteiger partial charge in [0.2, 0.25) is 10.0 Å². The lowest BCUT2D eigenvalue weighted by atomic mass is 10.2. The van der Waals surface area contributed by atoms with Gasteiger partial charge in [-0.3, -0.25) is 0 Å². The molecule has 1 saturated carbocycles. The first-order chi connectivity index (χ1) is 8.03. The van der Waals surface area contributed by atoms with E-state index < -0.39 is 15.8 Å². The maximum absolute atomic E-state index is 12.7. The molecule has 1 aromatic rings. The molecule has 0 aliphatic heterocycles. The van der Waals surface area contributed by atoms with Crippen LogP contribution in [0.2, 0.25) is 0 Å². The van der Waals surface area contributed by atoms with Crippen molar-refractivity contribution < 1.29 is 12.8 Å². The SMILES string of the molecule is Cl.NCC(NS(=O)(=O)c1ccc(F)cc1)C1CC1. The lowest BCUT2D eigenvalue weighted by Crippen LogP contribution is -2.41. The summed E-state index contributed by atoms with van der Waals surface area (Å²) < 4.78 is 39.2. The van der Waals surface area contributed by atoms with Crippen LogP contribution in [0.5, 0.6) is 0 Å². The Morgan fingerprint density at radius 1 is 1.33 bits per heavy atom. The highest BCUT2D eigenvalue weighted by molar-refractivity contribution is 7.89. The Morgan fingerprint density at radius 3 is 2.33 bits per heavy atom. The molecule has 1 aromatic carbocycles. The lowest BCUT2D eigenvalue weighted by molar-refractivity contribution is 0.519. The van der Waals surface area contributed by atoms with Crippen LogP contribution < -0.4 is 10.5 Å². The summed E-state index contributed by atoms with van der Waals surface area (Å²) in [6.07, 6.45) is 2.02. The number of benzene rings is 1. The molecule has 1 aliphatic rings. The van der Waals surface area contributed by atoms with Gasteiger partial charge in [-0.15, -0.1) is 12.4 Å². The average molecular weight is 295 g/mol. The molecule has 0 bridgehead atoms. The molecule has 102 valence electrons. The van der Waals surface area contributed by atoms with Gasteiger partial charge in [0, 0.05) is 12.6 Å². The second-order valence-corrected chi connectivity index (χ2v) is 5.97. The molecule has 18 heavy (non-hydrogen) atoms. The van der Waals surface area contributed by atoms with Crippen LogP contribution in [-0.4, -0.2) is 21.0 Å². The third-order valence-electron chi connectivity index (χ3n) is 2.88. The van der Waals surface area contributed by atoms with Crippen LogP contribution in [0.3, 0.4) is 0 Å². The summed E-state index contributed by atoms with van der Waals surface area (Å²) in [5.74, 6) is -0.114. The summed E-state index contributed by atoms with van der Waals surface area (Å²) in [6, 6.07) is 4.54. The first-order valence-electron chi connectivity index (χ1n) is 5.51. The molecule has 1 unspecified atom stereocenters. The molecular weight excluding hydrogens is 279 g/mol. The van der Waals surface area contributed by atoms with Crippen LogP contribution in [0.15, 0.2) is 29.2 Å². The second kappa shape index (κ2) is 5.97. The Balaban J connectivity index is 0.00000162. The predicted molar refractivity (Wildman–Crippen MR) is 69.5 cm³/mol. The van der Waals surface area contributed by atoms with Crippen molar-refractivity contribution in [3.8, 4) is 0 Å². The van der Waals surface area contributed by atoms with E-state index in [0.29, 0.717) is 5.92 Å². The Morgan fingerprint density at radius 2 is 1.89 bits per heavy atom. The standard InChI is InChI=1S/C11H15FN2O2S.ClH/c12-9-3-5-10(6-4-9)17(15,16)14-11(7-13)8-1-2-8;/h3-6,8,11,14H,1-2,7,13H2;1H. The minimum Gasteiger partial charge on any atom is -0.329 e. The van der Waals surface area contributed by atoms with E-state index in [4.69, 9.17) is 5.73 Å². The molecule has 0 aromatic heterocycles. The van der Waals surface area contributed by atoms with E-state index in [2.05, 4.69) is 4.72 Å². The fourth-order valence-electron chi connectivity index (χ4n) is 1.72. The van der Waals surface area contributed by atoms with Gasteiger partial charge in [-0.1, -0.05) is 0 Å². The molecule has 0 radical (unpaired) electrons. The van der Waals surface area contributed by atoms with Gasteiger partial charge in [0.05, 0.1) is 4.90 Å². The minimum atomic E-state index is -3.59. The molecule has 0 heterocycles. The Labute approximate surface area is 112 Å². The summed E-state index contributed by atoms with van der Waals surface area (Å²) in [4.78, 5) is 0.0676. The van der Waals surface area contributed by atoms with Crippen molar-refractivity contribution in [1.29, 1.82) is 0 Å². The number of nitrogens with one attached hydrogen (secondary N) is 1. The zero-order valence-corrected chi connectivity index (χ0v) is 11.3. The molecule has 1 aliphatic carbocycles. The van der Waals surface area contributed by atoms with Crippen molar-refractivity contribution in [2.45, 2.75) is 23.8 Å². The van der Waals surface area contributed by atoms with Crippen molar-refractivity contribution in [2.75, 3.05) is 6.54 Å². The molecule has 3 N–H and O–H groups in total. The van der Waals surface area contributed by atoms with Crippen molar-refractivity contribution >= 4 is 22.4 Å². The summed E-state index contributed by atoms with van der Waals surface area (Å²) in [5.41, 5.74) is 5.54. The van der Waals surface area contributed by atoms with Crippen molar-refractivity contribution in [3.05, 3.63) is 30.1 Å². The lowest BCUT2D eigenvalue weighted by Gasteiger charge is -2.16. The first kappa shape index (κ1) is 15.4. The molecule has 2 rings (SSSR count). The molecular formula is C11H16ClFN2O2S. The van der Waals surface area contributed by atoms with Gasteiger partial charge in [-0.05, 0) is 43.0 Å². The summed E-state index contributed by atoms with van der Waals surface area (Å²) in [7, 11) is -3.59. The Kier molecular flexibility index (Phi) is 5.10. The number of rotatable bonds is 5. The molecule has 4 nitrogen and oxygen atoms in total. The monoisotopic (exact) mass is 294 g/mol. The number of halogens is 2. The fraction of sp³-hybridized carbons (Fsp3) is 0.455. The molecule has 7 heteroatoms. The van der Waals surface area contributed by atoms with E-state index in [1.165, 1.54) is 12.1 Å². The second-order valence-electron chi connectivity index (χ2n) is 4.25. The zero-order chi connectivity index (χ0) is 12.5. The van der Waals surface area contributed by atoms with E-state index in [-0.39, 0.29) is 29.9 Å². The Hall–Kier alpha value is -0.690. The third kappa shape index (κ3) is 3.65. The van der Waals surface area contributed by atoms with E-state index >= 15 is 0 Å². The summed E-state index contributed by atoms with van der Waals surface area (Å²) in [5, 5.41) is 0. The summed E-state index contributed by atoms with van der Waals surface area (Å²) in [6.45, 7) is 0.283. The molecule has 0 spiro atoms. The normalized spacial score (nSPS) is 17.0. The van der Waals surface area contributed by atoms with Gasteiger partial charge in [-0.2, -0.15) is 0 Å². The minimum absolute atomic E-state index is 0. The van der Waals surface area contributed by atoms with E-state index in [0.717, 1.165) is 25.0 Å². The maximum atomic E-state index is 12.7. The van der Waals surface area contributed by atoms with Crippen LogP contribution >= 0.6 is 12.4 Å². The maximum Gasteiger partial charge on any atom is 0.240 e. The average Bonchev–Trinajstić information content (AvgIpc) is 3.10. The highest BCUT2D eigenvalue weighted by atomic mass is 35.5. The third-order valence-corrected chi connectivity index (χ3v) is 4.38. The smallest absolute Gasteiger partial charge is 0.240 e. The van der Waals surface area contributed by atoms with Crippen LogP contribution in [0.1, 0.15) is 12.8 Å². The molecule has 0 amide bonds. The van der Waals surface area contributed by atoms with Gasteiger partial charge in [0.1, 0.15) is 5.82 Å². The van der Waals surface area contributed by atoms with Gasteiger partial charge in [0.15, 0.2) is 0 Å². The van der Waals surface area contributed by atoms with Gasteiger partial charge in [-0.25, -0.2) is 17.5 Å². The number of hydrogen-bond donors (Lipinski definition) is 2. The van der Waals surface area contributed by atoms with Crippen LogP contribution in [-0.2, 0) is 10.0 Å². The fourth-order valence-corrected chi connectivity index (χ4v) is 3.03. The number of hydrogen-bond acceptors (Lipinski definition) is 3. The topological polar surface area (TPSA) is 72.2 Å². The predicted octanol–water partition coefficient (Wildman–Crippen LogP) is 1.26. The van der Waals surface area contributed by atoms with Crippen molar-refractivity contribution in [2.24, 2.45) is 11.7 Å². The van der Waals surface area contributed by atoms with Gasteiger partial charge >= 0.3 is 0 Å². The number of sulfonamides is 1. The molecule has 0 saturated heterocycles. The highest BCUT2D eigenvalue weighted by Crippen LogP contribution is 2.32. The van der Waals surface area contributed by atoms with Crippen LogP contribution in [0.25, 0.3) is 0 Å². The number of nitrogens with two attached hydrogens (primary N) is 1. The largest absolute Gasteiger partial charge is 0.329 e. The van der Waals surface area contributed by atoms with Crippen molar-refractivity contribution in [1.82, 2.24) is 4.72 Å². The van der Waals surface area contributed by atoms with E-state index in [1.54, 1.807) is 0 Å². The van der Waals surface area contributed by atoms with Crippen molar-refractivity contribution in [3.63, 3.8) is 0 Å². The molecule has 1 fully saturated rings. The molecule has 1 atom stereocenters. The van der Waals surface area contributed by atoms with Gasteiger partial charge in [0.25, 0.3) is 0 Å². The van der Waals surface area contributed by atoms with Crippen LogP contribution in [0, 0.1) is 11.7 Å². The van der Waals surface area contributed by atoms with E-state index in [9.17, 15) is 12.8 Å². The zero-order valence-electron chi connectivity index (χ0n) is 9.67. The Bertz CT molecular complexity index is 488. The highest BCUT2D eigenvalue weighted by Gasteiger charge is 2.33. The summed E-state index contributed by atoms with van der Waals surface area (Å²) >= 11 is 0. The van der Waals surface area contributed by atoms with E-state index in [1.807, 2.05) is 0 Å².